The zero-order valence-corrected chi connectivity index (χ0v) is 9.90. The molecule has 0 atom stereocenters. The van der Waals surface area contributed by atoms with Gasteiger partial charge in [0.1, 0.15) is 0 Å². The van der Waals surface area contributed by atoms with Crippen LogP contribution in [0.2, 0.25) is 0 Å². The Morgan fingerprint density at radius 2 is 1.93 bits per heavy atom. The van der Waals surface area contributed by atoms with E-state index in [0.717, 1.165) is 5.01 Å². The lowest BCUT2D eigenvalue weighted by molar-refractivity contribution is 0.867. The molecule has 1 heterocycles. The Labute approximate surface area is 88.8 Å². The van der Waals surface area contributed by atoms with Crippen LogP contribution in [0.25, 0.3) is 10.2 Å². The first-order chi connectivity index (χ1) is 6.58. The summed E-state index contributed by atoms with van der Waals surface area (Å²) < 4.78 is 1.33. The fourth-order valence-electron chi connectivity index (χ4n) is 1.67. The Morgan fingerprint density at radius 1 is 1.21 bits per heavy atom. The van der Waals surface area contributed by atoms with E-state index in [-0.39, 0.29) is 0 Å². The van der Waals surface area contributed by atoms with Crippen molar-refractivity contribution in [2.75, 3.05) is 0 Å². The zero-order valence-electron chi connectivity index (χ0n) is 9.09. The van der Waals surface area contributed by atoms with Crippen molar-refractivity contribution in [3.8, 4) is 0 Å². The number of nitrogens with zero attached hydrogens (tertiary/aromatic N) is 1. The summed E-state index contributed by atoms with van der Waals surface area (Å²) in [5.41, 5.74) is 3.89. The number of hydrogen-bond acceptors (Lipinski definition) is 2. The molecule has 2 heteroatoms. The summed E-state index contributed by atoms with van der Waals surface area (Å²) in [7, 11) is 0. The normalized spacial score (nSPS) is 11.5. The molecule has 0 spiro atoms. The third-order valence-corrected chi connectivity index (χ3v) is 3.40. The third kappa shape index (κ3) is 1.55. The molecule has 0 aliphatic carbocycles. The molecular weight excluding hydrogens is 190 g/mol. The minimum atomic E-state index is 0.598. The summed E-state index contributed by atoms with van der Waals surface area (Å²) >= 11 is 1.79. The molecule has 2 aromatic rings. The lowest BCUT2D eigenvalue weighted by Gasteiger charge is -2.06. The molecule has 14 heavy (non-hydrogen) atoms. The van der Waals surface area contributed by atoms with E-state index in [1.165, 1.54) is 21.3 Å². The molecule has 0 amide bonds. The highest BCUT2D eigenvalue weighted by Crippen LogP contribution is 2.28. The van der Waals surface area contributed by atoms with E-state index in [0.29, 0.717) is 5.92 Å². The van der Waals surface area contributed by atoms with E-state index in [1.807, 2.05) is 0 Å². The summed E-state index contributed by atoms with van der Waals surface area (Å²) in [5, 5.41) is 1.16. The Kier molecular flexibility index (Phi) is 2.31. The minimum Gasteiger partial charge on any atom is -0.241 e. The molecule has 0 radical (unpaired) electrons. The fourth-order valence-corrected chi connectivity index (χ4v) is 2.62. The summed E-state index contributed by atoms with van der Waals surface area (Å²) in [6.45, 7) is 8.68. The number of aryl methyl sites for hydroxylation is 2. The average molecular weight is 205 g/mol. The molecule has 0 saturated carbocycles. The standard InChI is InChI=1S/C12H15NS/c1-7(2)10-5-8(3)12-11(6-10)14-9(4)13-12/h5-7H,1-4H3. The van der Waals surface area contributed by atoms with Crippen molar-refractivity contribution in [2.24, 2.45) is 0 Å². The molecule has 0 fully saturated rings. The van der Waals surface area contributed by atoms with E-state index in [4.69, 9.17) is 0 Å². The van der Waals surface area contributed by atoms with Gasteiger partial charge in [-0.05, 0) is 37.0 Å². The summed E-state index contributed by atoms with van der Waals surface area (Å²) in [5.74, 6) is 0.598. The second-order valence-electron chi connectivity index (χ2n) is 4.07. The maximum atomic E-state index is 4.53. The van der Waals surface area contributed by atoms with Gasteiger partial charge in [-0.1, -0.05) is 19.9 Å². The molecule has 0 unspecified atom stereocenters. The number of hydrogen-bond donors (Lipinski definition) is 0. The van der Waals surface area contributed by atoms with Crippen LogP contribution in [-0.4, -0.2) is 4.98 Å². The van der Waals surface area contributed by atoms with Crippen molar-refractivity contribution in [2.45, 2.75) is 33.6 Å². The Hall–Kier alpha value is -0.890. The van der Waals surface area contributed by atoms with Crippen LogP contribution in [0.15, 0.2) is 12.1 Å². The van der Waals surface area contributed by atoms with Crippen LogP contribution >= 0.6 is 11.3 Å². The van der Waals surface area contributed by atoms with Crippen LogP contribution < -0.4 is 0 Å². The maximum absolute atomic E-state index is 4.53. The molecule has 0 saturated heterocycles. The molecule has 74 valence electrons. The fraction of sp³-hybridized carbons (Fsp3) is 0.417. The molecular formula is C12H15NS. The second-order valence-corrected chi connectivity index (χ2v) is 5.31. The van der Waals surface area contributed by atoms with Crippen LogP contribution in [0, 0.1) is 13.8 Å². The highest BCUT2D eigenvalue weighted by molar-refractivity contribution is 7.18. The largest absolute Gasteiger partial charge is 0.241 e. The minimum absolute atomic E-state index is 0.598. The van der Waals surface area contributed by atoms with Gasteiger partial charge in [-0.15, -0.1) is 11.3 Å². The van der Waals surface area contributed by atoms with Crippen molar-refractivity contribution in [1.82, 2.24) is 4.98 Å². The zero-order chi connectivity index (χ0) is 10.3. The lowest BCUT2D eigenvalue weighted by atomic mass is 10.0. The Morgan fingerprint density at radius 3 is 2.57 bits per heavy atom. The molecule has 0 aliphatic rings. The summed E-state index contributed by atoms with van der Waals surface area (Å²) in [6, 6.07) is 4.53. The van der Waals surface area contributed by atoms with Crippen molar-refractivity contribution >= 4 is 21.6 Å². The van der Waals surface area contributed by atoms with E-state index >= 15 is 0 Å². The molecule has 1 aromatic heterocycles. The van der Waals surface area contributed by atoms with Gasteiger partial charge in [0, 0.05) is 0 Å². The van der Waals surface area contributed by atoms with Crippen LogP contribution in [-0.2, 0) is 0 Å². The van der Waals surface area contributed by atoms with Crippen LogP contribution in [0.1, 0.15) is 35.9 Å². The van der Waals surface area contributed by atoms with Gasteiger partial charge < -0.3 is 0 Å². The molecule has 0 N–H and O–H groups in total. The van der Waals surface area contributed by atoms with Crippen molar-refractivity contribution in [1.29, 1.82) is 0 Å². The number of thiazole rings is 1. The molecule has 0 aliphatic heterocycles. The molecule has 1 aromatic carbocycles. The predicted octanol–water partition coefficient (Wildman–Crippen LogP) is 4.04. The highest BCUT2D eigenvalue weighted by atomic mass is 32.1. The monoisotopic (exact) mass is 205 g/mol. The summed E-state index contributed by atoms with van der Waals surface area (Å²) in [6.07, 6.45) is 0. The summed E-state index contributed by atoms with van der Waals surface area (Å²) in [4.78, 5) is 4.53. The number of fused-ring (bicyclic) bond motifs is 1. The Balaban J connectivity index is 2.71. The first-order valence-corrected chi connectivity index (χ1v) is 5.77. The first-order valence-electron chi connectivity index (χ1n) is 4.95. The van der Waals surface area contributed by atoms with Gasteiger partial charge in [-0.2, -0.15) is 0 Å². The van der Waals surface area contributed by atoms with Crippen molar-refractivity contribution in [3.05, 3.63) is 28.3 Å². The van der Waals surface area contributed by atoms with Crippen LogP contribution in [0.4, 0.5) is 0 Å². The second kappa shape index (κ2) is 3.35. The number of rotatable bonds is 1. The van der Waals surface area contributed by atoms with Crippen LogP contribution in [0.5, 0.6) is 0 Å². The first kappa shape index (κ1) is 9.66. The Bertz CT molecular complexity index is 468. The molecule has 0 bridgehead atoms. The predicted molar refractivity (Wildman–Crippen MR) is 63.2 cm³/mol. The quantitative estimate of drug-likeness (QED) is 0.684. The number of benzene rings is 1. The van der Waals surface area contributed by atoms with E-state index < -0.39 is 0 Å². The van der Waals surface area contributed by atoms with Gasteiger partial charge in [-0.3, -0.25) is 0 Å². The van der Waals surface area contributed by atoms with E-state index in [1.54, 1.807) is 11.3 Å². The number of aromatic nitrogens is 1. The molecule has 2 rings (SSSR count). The van der Waals surface area contributed by atoms with Crippen molar-refractivity contribution in [3.63, 3.8) is 0 Å². The molecule has 1 nitrogen and oxygen atoms in total. The van der Waals surface area contributed by atoms with Gasteiger partial charge in [-0.25, -0.2) is 4.98 Å². The van der Waals surface area contributed by atoms with Gasteiger partial charge in [0.15, 0.2) is 0 Å². The van der Waals surface area contributed by atoms with Crippen molar-refractivity contribution < 1.29 is 0 Å². The SMILES string of the molecule is Cc1nc2c(C)cc(C(C)C)cc2s1. The van der Waals surface area contributed by atoms with Gasteiger partial charge in [0.25, 0.3) is 0 Å². The third-order valence-electron chi connectivity index (χ3n) is 2.48. The van der Waals surface area contributed by atoms with Gasteiger partial charge in [0.2, 0.25) is 0 Å². The van der Waals surface area contributed by atoms with Gasteiger partial charge >= 0.3 is 0 Å². The van der Waals surface area contributed by atoms with E-state index in [2.05, 4.69) is 44.8 Å². The van der Waals surface area contributed by atoms with E-state index in [9.17, 15) is 0 Å². The smallest absolute Gasteiger partial charge is 0.0907 e. The topological polar surface area (TPSA) is 12.9 Å². The van der Waals surface area contributed by atoms with Gasteiger partial charge in [0.05, 0.1) is 15.2 Å². The maximum Gasteiger partial charge on any atom is 0.0907 e. The average Bonchev–Trinajstić information content (AvgIpc) is 2.45. The van der Waals surface area contributed by atoms with Crippen LogP contribution in [0.3, 0.4) is 0 Å². The highest BCUT2D eigenvalue weighted by Gasteiger charge is 2.07. The lowest BCUT2D eigenvalue weighted by Crippen LogP contribution is -1.88.